The lowest BCUT2D eigenvalue weighted by Gasteiger charge is -2.04. The van der Waals surface area contributed by atoms with Crippen molar-refractivity contribution in [1.82, 2.24) is 25.5 Å². The number of benzene rings is 1. The molecule has 88 valence electrons. The summed E-state index contributed by atoms with van der Waals surface area (Å²) in [6.07, 6.45) is 0. The van der Waals surface area contributed by atoms with Gasteiger partial charge in [-0.15, -0.1) is 16.7 Å². The lowest BCUT2D eigenvalue weighted by atomic mass is 10.3. The summed E-state index contributed by atoms with van der Waals surface area (Å²) in [5.41, 5.74) is 0.840. The Balaban J connectivity index is 2.15. The van der Waals surface area contributed by atoms with Crippen LogP contribution in [-0.2, 0) is 11.3 Å². The molecule has 6 nitrogen and oxygen atoms in total. The molecule has 17 heavy (non-hydrogen) atoms. The average Bonchev–Trinajstić information content (AvgIpc) is 2.85. The summed E-state index contributed by atoms with van der Waals surface area (Å²) in [5, 5.41) is 13.9. The molecule has 0 atom stereocenters. The Morgan fingerprint density at radius 1 is 1.35 bits per heavy atom. The highest BCUT2D eigenvalue weighted by molar-refractivity contribution is 6.27. The van der Waals surface area contributed by atoms with Gasteiger partial charge in [0.15, 0.2) is 5.82 Å². The van der Waals surface area contributed by atoms with E-state index in [1.807, 2.05) is 30.3 Å². The average molecular weight is 252 g/mol. The van der Waals surface area contributed by atoms with Gasteiger partial charge in [0.1, 0.15) is 5.88 Å². The van der Waals surface area contributed by atoms with Crippen LogP contribution < -0.4 is 5.32 Å². The van der Waals surface area contributed by atoms with Crippen molar-refractivity contribution in [2.45, 2.75) is 6.54 Å². The molecule has 0 spiro atoms. The zero-order valence-corrected chi connectivity index (χ0v) is 9.63. The predicted octanol–water partition coefficient (Wildman–Crippen LogP) is 0.517. The molecule has 7 heteroatoms. The van der Waals surface area contributed by atoms with E-state index >= 15 is 0 Å². The van der Waals surface area contributed by atoms with Gasteiger partial charge in [0.05, 0.1) is 12.2 Å². The van der Waals surface area contributed by atoms with Crippen LogP contribution in [0.5, 0.6) is 0 Å². The van der Waals surface area contributed by atoms with Crippen molar-refractivity contribution in [2.75, 3.05) is 5.88 Å². The van der Waals surface area contributed by atoms with Crippen molar-refractivity contribution in [1.29, 1.82) is 0 Å². The number of alkyl halides is 1. The van der Waals surface area contributed by atoms with Crippen LogP contribution in [0.3, 0.4) is 0 Å². The van der Waals surface area contributed by atoms with Crippen molar-refractivity contribution in [3.8, 4) is 5.69 Å². The SMILES string of the molecule is O=C(CCl)NCc1nnnn1-c1ccccc1. The van der Waals surface area contributed by atoms with Crippen molar-refractivity contribution >= 4 is 17.5 Å². The van der Waals surface area contributed by atoms with Crippen molar-refractivity contribution in [3.63, 3.8) is 0 Å². The van der Waals surface area contributed by atoms with Gasteiger partial charge < -0.3 is 5.32 Å². The maximum Gasteiger partial charge on any atom is 0.235 e. The Hall–Kier alpha value is -1.95. The number of rotatable bonds is 4. The highest BCUT2D eigenvalue weighted by Gasteiger charge is 2.08. The number of carbonyl (C=O) groups excluding carboxylic acids is 1. The fourth-order valence-corrected chi connectivity index (χ4v) is 1.41. The first-order chi connectivity index (χ1) is 8.31. The molecular formula is C10H10ClN5O. The molecule has 0 fully saturated rings. The van der Waals surface area contributed by atoms with Crippen LogP contribution in [0.25, 0.3) is 5.69 Å². The Kier molecular flexibility index (Phi) is 3.66. The van der Waals surface area contributed by atoms with Crippen molar-refractivity contribution in [3.05, 3.63) is 36.2 Å². The Labute approximate surface area is 103 Å². The molecule has 2 aromatic rings. The van der Waals surface area contributed by atoms with Crippen LogP contribution in [0, 0.1) is 0 Å². The number of hydrogen-bond donors (Lipinski definition) is 1. The second-order valence-corrected chi connectivity index (χ2v) is 3.52. The molecular weight excluding hydrogens is 242 g/mol. The molecule has 1 aromatic carbocycles. The molecule has 1 aromatic heterocycles. The molecule has 0 radical (unpaired) electrons. The van der Waals surface area contributed by atoms with Crippen LogP contribution in [0.4, 0.5) is 0 Å². The fourth-order valence-electron chi connectivity index (χ4n) is 1.31. The molecule has 2 rings (SSSR count). The number of tetrazole rings is 1. The number of para-hydroxylation sites is 1. The minimum atomic E-state index is -0.255. The monoisotopic (exact) mass is 251 g/mol. The van der Waals surface area contributed by atoms with Gasteiger partial charge in [-0.05, 0) is 22.6 Å². The van der Waals surface area contributed by atoms with Crippen LogP contribution in [0.15, 0.2) is 30.3 Å². The molecule has 1 heterocycles. The second kappa shape index (κ2) is 5.40. The third-order valence-corrected chi connectivity index (χ3v) is 2.34. The Morgan fingerprint density at radius 3 is 2.82 bits per heavy atom. The first-order valence-corrected chi connectivity index (χ1v) is 5.50. The Morgan fingerprint density at radius 2 is 2.12 bits per heavy atom. The number of hydrogen-bond acceptors (Lipinski definition) is 4. The maximum absolute atomic E-state index is 11.0. The van der Waals surface area contributed by atoms with Gasteiger partial charge >= 0.3 is 0 Å². The molecule has 0 saturated heterocycles. The minimum absolute atomic E-state index is 0.0765. The van der Waals surface area contributed by atoms with Crippen molar-refractivity contribution < 1.29 is 4.79 Å². The second-order valence-electron chi connectivity index (χ2n) is 3.25. The molecule has 0 saturated carbocycles. The predicted molar refractivity (Wildman–Crippen MR) is 61.7 cm³/mol. The largest absolute Gasteiger partial charge is 0.348 e. The standard InChI is InChI=1S/C10H10ClN5O/c11-6-10(17)12-7-9-13-14-15-16(9)8-4-2-1-3-5-8/h1-5H,6-7H2,(H,12,17). The molecule has 0 aliphatic heterocycles. The van der Waals surface area contributed by atoms with E-state index in [1.165, 1.54) is 0 Å². The van der Waals surface area contributed by atoms with Gasteiger partial charge in [0, 0.05) is 0 Å². The summed E-state index contributed by atoms with van der Waals surface area (Å²) < 4.78 is 1.56. The van der Waals surface area contributed by atoms with E-state index in [0.717, 1.165) is 5.69 Å². The van der Waals surface area contributed by atoms with E-state index in [2.05, 4.69) is 20.8 Å². The first-order valence-electron chi connectivity index (χ1n) is 4.96. The summed E-state index contributed by atoms with van der Waals surface area (Å²) in [6.45, 7) is 0.243. The molecule has 1 N–H and O–H groups in total. The summed E-state index contributed by atoms with van der Waals surface area (Å²) in [4.78, 5) is 11.0. The summed E-state index contributed by atoms with van der Waals surface area (Å²) in [7, 11) is 0. The summed E-state index contributed by atoms with van der Waals surface area (Å²) in [6, 6.07) is 9.44. The highest BCUT2D eigenvalue weighted by Crippen LogP contribution is 2.06. The molecule has 0 aliphatic carbocycles. The normalized spacial score (nSPS) is 10.2. The van der Waals surface area contributed by atoms with E-state index in [9.17, 15) is 4.79 Å². The van der Waals surface area contributed by atoms with E-state index in [4.69, 9.17) is 11.6 Å². The minimum Gasteiger partial charge on any atom is -0.348 e. The lowest BCUT2D eigenvalue weighted by Crippen LogP contribution is -2.25. The van der Waals surface area contributed by atoms with E-state index in [1.54, 1.807) is 4.68 Å². The number of nitrogens with zero attached hydrogens (tertiary/aromatic N) is 4. The Bertz CT molecular complexity index is 498. The van der Waals surface area contributed by atoms with E-state index < -0.39 is 0 Å². The topological polar surface area (TPSA) is 72.7 Å². The highest BCUT2D eigenvalue weighted by atomic mass is 35.5. The van der Waals surface area contributed by atoms with Gasteiger partial charge in [-0.25, -0.2) is 0 Å². The number of nitrogens with one attached hydrogen (secondary N) is 1. The van der Waals surface area contributed by atoms with Gasteiger partial charge in [-0.1, -0.05) is 18.2 Å². The summed E-state index contributed by atoms with van der Waals surface area (Å²) >= 11 is 5.38. The van der Waals surface area contributed by atoms with E-state index in [0.29, 0.717) is 5.82 Å². The lowest BCUT2D eigenvalue weighted by molar-refractivity contribution is -0.118. The number of amides is 1. The third kappa shape index (κ3) is 2.79. The van der Waals surface area contributed by atoms with Gasteiger partial charge in [-0.3, -0.25) is 4.79 Å². The summed E-state index contributed by atoms with van der Waals surface area (Å²) in [5.74, 6) is 0.219. The number of aromatic nitrogens is 4. The molecule has 0 unspecified atom stereocenters. The molecule has 0 aliphatic rings. The van der Waals surface area contributed by atoms with E-state index in [-0.39, 0.29) is 18.3 Å². The van der Waals surface area contributed by atoms with Crippen LogP contribution in [-0.4, -0.2) is 32.0 Å². The molecule has 0 bridgehead atoms. The fraction of sp³-hybridized carbons (Fsp3) is 0.200. The van der Waals surface area contributed by atoms with Crippen LogP contribution >= 0.6 is 11.6 Å². The zero-order chi connectivity index (χ0) is 12.1. The molecule has 1 amide bonds. The first kappa shape index (κ1) is 11.5. The zero-order valence-electron chi connectivity index (χ0n) is 8.88. The third-order valence-electron chi connectivity index (χ3n) is 2.10. The smallest absolute Gasteiger partial charge is 0.235 e. The number of halogens is 1. The van der Waals surface area contributed by atoms with Gasteiger partial charge in [0.2, 0.25) is 5.91 Å². The van der Waals surface area contributed by atoms with Gasteiger partial charge in [0.25, 0.3) is 0 Å². The van der Waals surface area contributed by atoms with Crippen molar-refractivity contribution in [2.24, 2.45) is 0 Å². The quantitative estimate of drug-likeness (QED) is 0.804. The van der Waals surface area contributed by atoms with Crippen LogP contribution in [0.1, 0.15) is 5.82 Å². The van der Waals surface area contributed by atoms with Crippen LogP contribution in [0.2, 0.25) is 0 Å². The number of carbonyl (C=O) groups is 1. The maximum atomic E-state index is 11.0. The van der Waals surface area contributed by atoms with Gasteiger partial charge in [-0.2, -0.15) is 4.68 Å².